The number of aliphatic carboxylic acids is 1. The van der Waals surface area contributed by atoms with E-state index in [2.05, 4.69) is 0 Å². The van der Waals surface area contributed by atoms with Crippen LogP contribution in [0, 0.1) is 0 Å². The van der Waals surface area contributed by atoms with Crippen molar-refractivity contribution in [1.82, 2.24) is 0 Å². The molecule has 0 saturated carbocycles. The van der Waals surface area contributed by atoms with Gasteiger partial charge in [0.05, 0.1) is 5.56 Å². The minimum Gasteiger partial charge on any atom is -0.480 e. The molecule has 0 bridgehead atoms. The number of hydrogen-bond donors (Lipinski definition) is 2. The van der Waals surface area contributed by atoms with Gasteiger partial charge in [-0.2, -0.15) is 21.6 Å². The first-order chi connectivity index (χ1) is 11.0. The van der Waals surface area contributed by atoms with Crippen molar-refractivity contribution >= 4 is 16.1 Å². The molecule has 24 heavy (non-hydrogen) atoms. The molecular formula is C15H11F3O5S. The lowest BCUT2D eigenvalue weighted by Crippen LogP contribution is -2.21. The molecule has 0 amide bonds. The number of hydrogen-bond acceptors (Lipinski definition) is 3. The van der Waals surface area contributed by atoms with Crippen LogP contribution in [-0.2, 0) is 21.1 Å². The largest absolute Gasteiger partial charge is 0.480 e. The number of carbonyl (C=O) groups is 1. The summed E-state index contributed by atoms with van der Waals surface area (Å²) in [7, 11) is -4.91. The maximum Gasteiger partial charge on any atom is 0.417 e. The summed E-state index contributed by atoms with van der Waals surface area (Å²) < 4.78 is 70.3. The highest BCUT2D eigenvalue weighted by atomic mass is 32.2. The third-order valence-corrected chi connectivity index (χ3v) is 4.35. The second-order valence-electron chi connectivity index (χ2n) is 4.90. The van der Waals surface area contributed by atoms with Gasteiger partial charge >= 0.3 is 12.1 Å². The van der Waals surface area contributed by atoms with Crippen LogP contribution in [0.2, 0.25) is 0 Å². The van der Waals surface area contributed by atoms with E-state index in [0.717, 1.165) is 18.2 Å². The zero-order valence-electron chi connectivity index (χ0n) is 11.9. The highest BCUT2D eigenvalue weighted by molar-refractivity contribution is 7.86. The first kappa shape index (κ1) is 18.0. The first-order valence-corrected chi connectivity index (χ1v) is 7.98. The van der Waals surface area contributed by atoms with Gasteiger partial charge in [0.15, 0.2) is 0 Å². The normalized spacial score (nSPS) is 13.5. The lowest BCUT2D eigenvalue weighted by atomic mass is 9.98. The van der Waals surface area contributed by atoms with Gasteiger partial charge in [-0.05, 0) is 22.8 Å². The smallest absolute Gasteiger partial charge is 0.417 e. The molecule has 2 rings (SSSR count). The predicted octanol–water partition coefficient (Wildman–Crippen LogP) is 3.39. The van der Waals surface area contributed by atoms with E-state index >= 15 is 0 Å². The molecule has 1 unspecified atom stereocenters. The number of alkyl halides is 3. The number of carboxylic acids is 1. The van der Waals surface area contributed by atoms with Crippen molar-refractivity contribution in [3.63, 3.8) is 0 Å². The average molecular weight is 360 g/mol. The van der Waals surface area contributed by atoms with E-state index < -0.39 is 33.1 Å². The molecule has 128 valence electrons. The molecule has 0 aliphatic carbocycles. The van der Waals surface area contributed by atoms with E-state index in [1.165, 1.54) is 30.3 Å². The van der Waals surface area contributed by atoms with Crippen LogP contribution in [0.25, 0.3) is 11.1 Å². The predicted molar refractivity (Wildman–Crippen MR) is 78.8 cm³/mol. The van der Waals surface area contributed by atoms with E-state index in [1.54, 1.807) is 0 Å². The highest BCUT2D eigenvalue weighted by Gasteiger charge is 2.34. The maximum atomic E-state index is 13.0. The average Bonchev–Trinajstić information content (AvgIpc) is 2.45. The molecular weight excluding hydrogens is 349 g/mol. The molecule has 2 aromatic carbocycles. The van der Waals surface area contributed by atoms with E-state index in [0.29, 0.717) is 0 Å². The Morgan fingerprint density at radius 3 is 2.00 bits per heavy atom. The molecule has 0 aromatic heterocycles. The second-order valence-corrected chi connectivity index (χ2v) is 6.40. The summed E-state index contributed by atoms with van der Waals surface area (Å²) in [6, 6.07) is 9.24. The first-order valence-electron chi connectivity index (χ1n) is 6.47. The van der Waals surface area contributed by atoms with Crippen LogP contribution in [0.3, 0.4) is 0 Å². The Bertz CT molecular complexity index is 857. The van der Waals surface area contributed by atoms with Gasteiger partial charge in [-0.3, -0.25) is 9.35 Å². The Morgan fingerprint density at radius 2 is 1.54 bits per heavy atom. The number of halogens is 3. The van der Waals surface area contributed by atoms with Crippen molar-refractivity contribution in [3.8, 4) is 11.1 Å². The Kier molecular flexibility index (Phi) is 4.68. The summed E-state index contributed by atoms with van der Waals surface area (Å²) in [5.41, 5.74) is -1.14. The van der Waals surface area contributed by atoms with Gasteiger partial charge in [0.2, 0.25) is 5.25 Å². The summed E-state index contributed by atoms with van der Waals surface area (Å²) in [5.74, 6) is -1.79. The summed E-state index contributed by atoms with van der Waals surface area (Å²) in [5, 5.41) is 6.71. The maximum absolute atomic E-state index is 13.0. The van der Waals surface area contributed by atoms with Crippen molar-refractivity contribution in [2.24, 2.45) is 0 Å². The molecule has 5 nitrogen and oxygen atoms in total. The van der Waals surface area contributed by atoms with Gasteiger partial charge in [-0.15, -0.1) is 0 Å². The van der Waals surface area contributed by atoms with Gasteiger partial charge in [0.1, 0.15) is 0 Å². The third kappa shape index (κ3) is 3.74. The zero-order chi connectivity index (χ0) is 18.1. The summed E-state index contributed by atoms with van der Waals surface area (Å²) in [6.45, 7) is 0. The Balaban J connectivity index is 2.50. The molecule has 2 N–H and O–H groups in total. The van der Waals surface area contributed by atoms with Crippen LogP contribution in [-0.4, -0.2) is 24.0 Å². The van der Waals surface area contributed by atoms with Crippen molar-refractivity contribution in [3.05, 3.63) is 59.7 Å². The van der Waals surface area contributed by atoms with Crippen LogP contribution >= 0.6 is 0 Å². The van der Waals surface area contributed by atoms with Crippen LogP contribution < -0.4 is 0 Å². The SMILES string of the molecule is O=C(O)C(c1ccc(-c2ccccc2C(F)(F)F)cc1)S(=O)(=O)O. The van der Waals surface area contributed by atoms with Crippen molar-refractivity contribution < 1.29 is 36.0 Å². The summed E-state index contributed by atoms with van der Waals surface area (Å²) in [4.78, 5) is 11.0. The highest BCUT2D eigenvalue weighted by Crippen LogP contribution is 2.37. The van der Waals surface area contributed by atoms with E-state index in [-0.39, 0.29) is 16.7 Å². The standard InChI is InChI=1S/C15H11F3O5S/c16-15(17,18)12-4-2-1-3-11(12)9-5-7-10(8-6-9)13(14(19)20)24(21,22)23/h1-8,13H,(H,19,20)(H,21,22,23). The van der Waals surface area contributed by atoms with Crippen LogP contribution in [0.5, 0.6) is 0 Å². The van der Waals surface area contributed by atoms with Crippen LogP contribution in [0.15, 0.2) is 48.5 Å². The van der Waals surface area contributed by atoms with Gasteiger partial charge < -0.3 is 5.11 Å². The lowest BCUT2D eigenvalue weighted by Gasteiger charge is -2.14. The molecule has 0 heterocycles. The fraction of sp³-hybridized carbons (Fsp3) is 0.133. The monoisotopic (exact) mass is 360 g/mol. The summed E-state index contributed by atoms with van der Waals surface area (Å²) in [6.07, 6.45) is -4.58. The van der Waals surface area contributed by atoms with Crippen LogP contribution in [0.4, 0.5) is 13.2 Å². The van der Waals surface area contributed by atoms with Gasteiger partial charge in [-0.25, -0.2) is 0 Å². The minimum atomic E-state index is -4.91. The number of rotatable bonds is 4. The molecule has 0 fully saturated rings. The quantitative estimate of drug-likeness (QED) is 0.816. The number of carboxylic acid groups (broad SMARTS) is 1. The minimum absolute atomic E-state index is 0.129. The van der Waals surface area contributed by atoms with E-state index in [9.17, 15) is 26.4 Å². The molecule has 2 aromatic rings. The second kappa shape index (κ2) is 6.25. The van der Waals surface area contributed by atoms with E-state index in [1.807, 2.05) is 0 Å². The molecule has 0 radical (unpaired) electrons. The fourth-order valence-corrected chi connectivity index (χ4v) is 3.02. The molecule has 0 spiro atoms. The van der Waals surface area contributed by atoms with Gasteiger partial charge in [0, 0.05) is 0 Å². The Labute approximate surface area is 135 Å². The van der Waals surface area contributed by atoms with Gasteiger partial charge in [0.25, 0.3) is 10.1 Å². The Hall–Kier alpha value is -2.39. The van der Waals surface area contributed by atoms with Crippen molar-refractivity contribution in [2.45, 2.75) is 11.4 Å². The van der Waals surface area contributed by atoms with Crippen molar-refractivity contribution in [2.75, 3.05) is 0 Å². The molecule has 0 aliphatic rings. The third-order valence-electron chi connectivity index (χ3n) is 3.28. The van der Waals surface area contributed by atoms with Crippen molar-refractivity contribution in [1.29, 1.82) is 0 Å². The lowest BCUT2D eigenvalue weighted by molar-refractivity contribution is -0.137. The van der Waals surface area contributed by atoms with E-state index in [4.69, 9.17) is 9.66 Å². The summed E-state index contributed by atoms with van der Waals surface area (Å²) >= 11 is 0. The number of benzene rings is 2. The zero-order valence-corrected chi connectivity index (χ0v) is 12.7. The molecule has 9 heteroatoms. The van der Waals surface area contributed by atoms with Crippen LogP contribution in [0.1, 0.15) is 16.4 Å². The molecule has 0 saturated heterocycles. The van der Waals surface area contributed by atoms with Gasteiger partial charge in [-0.1, -0.05) is 42.5 Å². The topological polar surface area (TPSA) is 91.7 Å². The molecule has 0 aliphatic heterocycles. The Morgan fingerprint density at radius 1 is 1.00 bits per heavy atom. The molecule has 1 atom stereocenters. The fourth-order valence-electron chi connectivity index (χ4n) is 2.26.